The van der Waals surface area contributed by atoms with Crippen molar-refractivity contribution in [2.45, 2.75) is 46.2 Å². The molecule has 108 valence electrons. The van der Waals surface area contributed by atoms with Crippen LogP contribution in [0.5, 0.6) is 17.2 Å². The first kappa shape index (κ1) is 15.9. The molecule has 0 saturated heterocycles. The maximum atomic E-state index is 6.09. The van der Waals surface area contributed by atoms with E-state index in [2.05, 4.69) is 33.9 Å². The number of rotatable bonds is 4. The zero-order chi connectivity index (χ0) is 14.8. The zero-order valence-corrected chi connectivity index (χ0v) is 14.5. The lowest BCUT2D eigenvalue weighted by molar-refractivity contribution is 0.370. The van der Waals surface area contributed by atoms with Crippen molar-refractivity contribution in [3.8, 4) is 17.2 Å². The van der Waals surface area contributed by atoms with Gasteiger partial charge in [-0.1, -0.05) is 20.8 Å². The Morgan fingerprint density at radius 1 is 1.00 bits per heavy atom. The van der Waals surface area contributed by atoms with E-state index in [4.69, 9.17) is 13.9 Å². The maximum Gasteiger partial charge on any atom is 0.229 e. The summed E-state index contributed by atoms with van der Waals surface area (Å²) >= 11 is 0. The molecule has 0 aliphatic heterocycles. The normalized spacial score (nSPS) is 11.6. The molecule has 0 unspecified atom stereocenters. The highest BCUT2D eigenvalue weighted by Crippen LogP contribution is 2.45. The smallest absolute Gasteiger partial charge is 0.229 e. The molecule has 0 amide bonds. The van der Waals surface area contributed by atoms with Crippen molar-refractivity contribution >= 4 is 9.04 Å². The fourth-order valence-corrected chi connectivity index (χ4v) is 2.93. The van der Waals surface area contributed by atoms with Crippen molar-refractivity contribution in [2.75, 3.05) is 14.2 Å². The molecule has 0 radical (unpaired) electrons. The van der Waals surface area contributed by atoms with Crippen LogP contribution in [0.3, 0.4) is 0 Å². The Labute approximate surface area is 118 Å². The van der Waals surface area contributed by atoms with Crippen molar-refractivity contribution in [2.24, 2.45) is 0 Å². The predicted octanol–water partition coefficient (Wildman–Crippen LogP) is 3.67. The summed E-state index contributed by atoms with van der Waals surface area (Å²) in [5, 5.41) is 0. The van der Waals surface area contributed by atoms with Gasteiger partial charge in [-0.2, -0.15) is 0 Å². The highest BCUT2D eigenvalue weighted by Gasteiger charge is 2.27. The minimum absolute atomic E-state index is 0.0407. The van der Waals surface area contributed by atoms with Crippen LogP contribution in [0.15, 0.2) is 6.07 Å². The summed E-state index contributed by atoms with van der Waals surface area (Å²) in [7, 11) is 2.19. The van der Waals surface area contributed by atoms with Gasteiger partial charge in [0.2, 0.25) is 9.04 Å². The van der Waals surface area contributed by atoms with Gasteiger partial charge in [0.25, 0.3) is 0 Å². The van der Waals surface area contributed by atoms with E-state index in [9.17, 15) is 0 Å². The molecule has 0 atom stereocenters. The van der Waals surface area contributed by atoms with Gasteiger partial charge in [0.15, 0.2) is 0 Å². The Bertz CT molecular complexity index is 448. The van der Waals surface area contributed by atoms with Crippen LogP contribution in [0, 0.1) is 6.92 Å². The highest BCUT2D eigenvalue weighted by molar-refractivity contribution is 6.49. The van der Waals surface area contributed by atoms with Crippen molar-refractivity contribution in [3.05, 3.63) is 17.2 Å². The van der Waals surface area contributed by atoms with Crippen molar-refractivity contribution in [1.29, 1.82) is 0 Å². The number of ether oxygens (including phenoxy) is 2. The molecule has 0 heterocycles. The molecule has 0 bridgehead atoms. The molecule has 19 heavy (non-hydrogen) atoms. The van der Waals surface area contributed by atoms with Crippen LogP contribution in [0.1, 0.15) is 31.9 Å². The summed E-state index contributed by atoms with van der Waals surface area (Å²) in [6, 6.07) is 1.99. The first-order valence-corrected chi connectivity index (χ1v) is 9.43. The lowest BCUT2D eigenvalue weighted by Crippen LogP contribution is -2.20. The molecule has 0 aliphatic carbocycles. The van der Waals surface area contributed by atoms with E-state index < -0.39 is 9.04 Å². The second kappa shape index (κ2) is 5.86. The third-order valence-electron chi connectivity index (χ3n) is 2.98. The number of hydrogen-bond acceptors (Lipinski definition) is 3. The van der Waals surface area contributed by atoms with E-state index in [1.165, 1.54) is 0 Å². The Morgan fingerprint density at radius 2 is 1.58 bits per heavy atom. The maximum absolute atomic E-state index is 6.09. The lowest BCUT2D eigenvalue weighted by Gasteiger charge is -2.28. The molecule has 4 heteroatoms. The van der Waals surface area contributed by atoms with E-state index in [-0.39, 0.29) is 5.41 Å². The Kier molecular flexibility index (Phi) is 4.90. The molecular formula is C15H26O3Si. The van der Waals surface area contributed by atoms with E-state index in [1.807, 2.05) is 13.0 Å². The van der Waals surface area contributed by atoms with Gasteiger partial charge in [-0.05, 0) is 25.4 Å². The topological polar surface area (TPSA) is 27.7 Å². The molecule has 0 aliphatic rings. The largest absolute Gasteiger partial charge is 0.547 e. The van der Waals surface area contributed by atoms with E-state index in [0.29, 0.717) is 0 Å². The molecule has 0 fully saturated rings. The SMILES string of the molecule is COc1cc(O[SiH](C)C)c(C(C)(C)C)c(OC)c1C. The molecule has 1 rings (SSSR count). The van der Waals surface area contributed by atoms with Gasteiger partial charge in [-0.25, -0.2) is 0 Å². The standard InChI is InChI=1S/C15H26O3Si/c1-10-11(16-5)9-12(18-19(7)8)13(14(10)17-6)15(2,3)4/h9,19H,1-8H3. The second-order valence-corrected chi connectivity index (χ2v) is 8.36. The number of benzene rings is 1. The minimum atomic E-state index is -1.19. The van der Waals surface area contributed by atoms with Crippen LogP contribution in [0.2, 0.25) is 13.1 Å². The summed E-state index contributed by atoms with van der Waals surface area (Å²) in [4.78, 5) is 0. The average molecular weight is 282 g/mol. The molecule has 0 aromatic heterocycles. The minimum Gasteiger partial charge on any atom is -0.547 e. The van der Waals surface area contributed by atoms with Gasteiger partial charge in [0.1, 0.15) is 17.2 Å². The summed E-state index contributed by atoms with van der Waals surface area (Å²) < 4.78 is 17.1. The Balaban J connectivity index is 3.58. The third-order valence-corrected chi connectivity index (χ3v) is 3.71. The molecule has 1 aromatic rings. The monoisotopic (exact) mass is 282 g/mol. The third kappa shape index (κ3) is 3.44. The van der Waals surface area contributed by atoms with Crippen molar-refractivity contribution in [3.63, 3.8) is 0 Å². The number of hydrogen-bond donors (Lipinski definition) is 0. The Hall–Kier alpha value is -1.16. The van der Waals surface area contributed by atoms with Crippen LogP contribution in [0.4, 0.5) is 0 Å². The molecule has 1 aromatic carbocycles. The average Bonchev–Trinajstić information content (AvgIpc) is 2.28. The molecule has 0 N–H and O–H groups in total. The van der Waals surface area contributed by atoms with Gasteiger partial charge >= 0.3 is 0 Å². The van der Waals surface area contributed by atoms with Crippen LogP contribution in [-0.4, -0.2) is 23.3 Å². The van der Waals surface area contributed by atoms with Gasteiger partial charge in [0.05, 0.1) is 14.2 Å². The fraction of sp³-hybridized carbons (Fsp3) is 0.600. The van der Waals surface area contributed by atoms with Crippen molar-refractivity contribution in [1.82, 2.24) is 0 Å². The lowest BCUT2D eigenvalue weighted by atomic mass is 9.84. The number of methoxy groups -OCH3 is 2. The zero-order valence-electron chi connectivity index (χ0n) is 13.4. The molecule has 0 saturated carbocycles. The molecule has 0 spiro atoms. The van der Waals surface area contributed by atoms with Crippen LogP contribution < -0.4 is 13.9 Å². The van der Waals surface area contributed by atoms with Crippen molar-refractivity contribution < 1.29 is 13.9 Å². The summed E-state index contributed by atoms with van der Waals surface area (Å²) in [5.41, 5.74) is 2.10. The predicted molar refractivity (Wildman–Crippen MR) is 82.5 cm³/mol. The van der Waals surface area contributed by atoms with E-state index in [0.717, 1.165) is 28.4 Å². The first-order chi connectivity index (χ1) is 8.72. The van der Waals surface area contributed by atoms with E-state index >= 15 is 0 Å². The Morgan fingerprint density at radius 3 is 1.95 bits per heavy atom. The highest BCUT2D eigenvalue weighted by atomic mass is 28.3. The van der Waals surface area contributed by atoms with Crippen LogP contribution in [-0.2, 0) is 5.41 Å². The molecule has 3 nitrogen and oxygen atoms in total. The fourth-order valence-electron chi connectivity index (χ4n) is 2.24. The van der Waals surface area contributed by atoms with Crippen LogP contribution in [0.25, 0.3) is 0 Å². The van der Waals surface area contributed by atoms with Gasteiger partial charge in [-0.15, -0.1) is 0 Å². The summed E-state index contributed by atoms with van der Waals surface area (Å²) in [6.07, 6.45) is 0. The van der Waals surface area contributed by atoms with Gasteiger partial charge < -0.3 is 13.9 Å². The van der Waals surface area contributed by atoms with Crippen LogP contribution >= 0.6 is 0 Å². The first-order valence-electron chi connectivity index (χ1n) is 6.65. The van der Waals surface area contributed by atoms with E-state index in [1.54, 1.807) is 14.2 Å². The van der Waals surface area contributed by atoms with Gasteiger partial charge in [0, 0.05) is 17.2 Å². The summed E-state index contributed by atoms with van der Waals surface area (Å²) in [5.74, 6) is 2.58. The van der Waals surface area contributed by atoms with Gasteiger partial charge in [-0.3, -0.25) is 0 Å². The summed E-state index contributed by atoms with van der Waals surface area (Å²) in [6.45, 7) is 12.8. The quantitative estimate of drug-likeness (QED) is 0.789. The molecular weight excluding hydrogens is 256 g/mol. The second-order valence-electron chi connectivity index (χ2n) is 6.03.